The first-order valence-electron chi connectivity index (χ1n) is 5.48. The predicted octanol–water partition coefficient (Wildman–Crippen LogP) is 2.34. The van der Waals surface area contributed by atoms with E-state index < -0.39 is 0 Å². The Morgan fingerprint density at radius 3 is 2.93 bits per heavy atom. The monoisotopic (exact) mass is 202 g/mol. The lowest BCUT2D eigenvalue weighted by atomic mass is 10.1. The van der Waals surface area contributed by atoms with Crippen LogP contribution in [0.25, 0.3) is 0 Å². The quantitative estimate of drug-likeness (QED) is 0.589. The first kappa shape index (κ1) is 10.2. The molecular formula is C13H18N2. The summed E-state index contributed by atoms with van der Waals surface area (Å²) in [5.74, 6) is 0. The van der Waals surface area contributed by atoms with Crippen LogP contribution in [0.2, 0.25) is 0 Å². The summed E-state index contributed by atoms with van der Waals surface area (Å²) in [6.07, 6.45) is 5.66. The predicted molar refractivity (Wildman–Crippen MR) is 64.6 cm³/mol. The van der Waals surface area contributed by atoms with Crippen molar-refractivity contribution in [3.63, 3.8) is 0 Å². The van der Waals surface area contributed by atoms with Gasteiger partial charge in [-0.2, -0.15) is 0 Å². The minimum absolute atomic E-state index is 0.903. The summed E-state index contributed by atoms with van der Waals surface area (Å²) in [5, 5.41) is 0. The fraction of sp³-hybridized carbons (Fsp3) is 0.385. The van der Waals surface area contributed by atoms with E-state index in [4.69, 9.17) is 5.73 Å². The van der Waals surface area contributed by atoms with E-state index in [9.17, 15) is 0 Å². The average molecular weight is 202 g/mol. The van der Waals surface area contributed by atoms with Gasteiger partial charge in [-0.1, -0.05) is 24.3 Å². The Labute approximate surface area is 91.4 Å². The Morgan fingerprint density at radius 1 is 1.33 bits per heavy atom. The molecule has 0 fully saturated rings. The van der Waals surface area contributed by atoms with E-state index in [2.05, 4.69) is 30.0 Å². The van der Waals surface area contributed by atoms with Gasteiger partial charge >= 0.3 is 0 Å². The molecule has 0 amide bonds. The van der Waals surface area contributed by atoms with E-state index >= 15 is 0 Å². The molecule has 1 heterocycles. The normalized spacial score (nSPS) is 16.9. The van der Waals surface area contributed by atoms with Crippen LogP contribution in [0.3, 0.4) is 0 Å². The third-order valence-corrected chi connectivity index (χ3v) is 3.02. The van der Waals surface area contributed by atoms with Crippen LogP contribution < -0.4 is 5.73 Å². The number of nitrogens with zero attached hydrogens (tertiary/aromatic N) is 1. The summed E-state index contributed by atoms with van der Waals surface area (Å²) in [6.45, 7) is 5.34. The second-order valence-corrected chi connectivity index (χ2v) is 4.13. The van der Waals surface area contributed by atoms with Gasteiger partial charge in [-0.3, -0.25) is 4.90 Å². The molecule has 1 aromatic rings. The molecule has 1 aliphatic heterocycles. The van der Waals surface area contributed by atoms with Crippen molar-refractivity contribution < 1.29 is 0 Å². The van der Waals surface area contributed by atoms with E-state index in [1.165, 1.54) is 17.5 Å². The molecular weight excluding hydrogens is 184 g/mol. The summed E-state index contributed by atoms with van der Waals surface area (Å²) >= 11 is 0. The smallest absolute Gasteiger partial charge is 0.0346 e. The Kier molecular flexibility index (Phi) is 3.07. The summed E-state index contributed by atoms with van der Waals surface area (Å²) in [4.78, 5) is 2.45. The lowest BCUT2D eigenvalue weighted by Gasteiger charge is -2.24. The maximum atomic E-state index is 5.89. The molecule has 0 saturated carbocycles. The summed E-state index contributed by atoms with van der Waals surface area (Å²) in [7, 11) is 0. The van der Waals surface area contributed by atoms with Crippen molar-refractivity contribution in [2.45, 2.75) is 19.9 Å². The van der Waals surface area contributed by atoms with Gasteiger partial charge in [-0.25, -0.2) is 0 Å². The number of anilines is 1. The summed E-state index contributed by atoms with van der Waals surface area (Å²) in [6, 6.07) is 6.18. The molecule has 0 bridgehead atoms. The molecule has 0 spiro atoms. The number of hydrogen-bond acceptors (Lipinski definition) is 2. The van der Waals surface area contributed by atoms with Crippen molar-refractivity contribution in [2.24, 2.45) is 0 Å². The molecule has 2 heteroatoms. The molecule has 0 radical (unpaired) electrons. The van der Waals surface area contributed by atoms with Gasteiger partial charge < -0.3 is 5.73 Å². The molecule has 80 valence electrons. The van der Waals surface area contributed by atoms with Gasteiger partial charge in [0.25, 0.3) is 0 Å². The van der Waals surface area contributed by atoms with Gasteiger partial charge in [-0.15, -0.1) is 0 Å². The topological polar surface area (TPSA) is 29.3 Å². The van der Waals surface area contributed by atoms with Gasteiger partial charge in [0.2, 0.25) is 0 Å². The van der Waals surface area contributed by atoms with E-state index in [1.807, 2.05) is 12.1 Å². The fourth-order valence-corrected chi connectivity index (χ4v) is 1.95. The zero-order valence-electron chi connectivity index (χ0n) is 9.24. The van der Waals surface area contributed by atoms with Crippen LogP contribution in [0.15, 0.2) is 30.4 Å². The van der Waals surface area contributed by atoms with E-state index in [0.717, 1.165) is 25.3 Å². The van der Waals surface area contributed by atoms with Gasteiger partial charge in [0, 0.05) is 25.3 Å². The van der Waals surface area contributed by atoms with Crippen molar-refractivity contribution in [3.8, 4) is 0 Å². The van der Waals surface area contributed by atoms with Crippen molar-refractivity contribution in [1.29, 1.82) is 0 Å². The van der Waals surface area contributed by atoms with E-state index in [0.29, 0.717) is 0 Å². The SMILES string of the molecule is Cc1c(N)cccc1CN1CC=CCC1. The molecule has 2 rings (SSSR count). The van der Waals surface area contributed by atoms with Crippen LogP contribution in [0, 0.1) is 6.92 Å². The molecule has 2 nitrogen and oxygen atoms in total. The Morgan fingerprint density at radius 2 is 2.20 bits per heavy atom. The highest BCUT2D eigenvalue weighted by Crippen LogP contribution is 2.18. The number of nitrogens with two attached hydrogens (primary N) is 1. The van der Waals surface area contributed by atoms with Crippen LogP contribution in [-0.2, 0) is 6.54 Å². The zero-order valence-corrected chi connectivity index (χ0v) is 9.24. The van der Waals surface area contributed by atoms with Crippen LogP contribution >= 0.6 is 0 Å². The molecule has 0 saturated heterocycles. The lowest BCUT2D eigenvalue weighted by molar-refractivity contribution is 0.290. The van der Waals surface area contributed by atoms with Crippen LogP contribution in [0.1, 0.15) is 17.5 Å². The lowest BCUT2D eigenvalue weighted by Crippen LogP contribution is -2.27. The largest absolute Gasteiger partial charge is 0.399 e. The second-order valence-electron chi connectivity index (χ2n) is 4.13. The number of benzene rings is 1. The van der Waals surface area contributed by atoms with Crippen LogP contribution in [0.4, 0.5) is 5.69 Å². The van der Waals surface area contributed by atoms with E-state index in [-0.39, 0.29) is 0 Å². The number of hydrogen-bond donors (Lipinski definition) is 1. The average Bonchev–Trinajstić information content (AvgIpc) is 2.26. The van der Waals surface area contributed by atoms with Gasteiger partial charge in [0.15, 0.2) is 0 Å². The van der Waals surface area contributed by atoms with Crippen molar-refractivity contribution in [2.75, 3.05) is 18.8 Å². The molecule has 0 atom stereocenters. The highest BCUT2D eigenvalue weighted by Gasteiger charge is 2.08. The minimum atomic E-state index is 0.903. The third kappa shape index (κ3) is 2.39. The van der Waals surface area contributed by atoms with Crippen LogP contribution in [0.5, 0.6) is 0 Å². The highest BCUT2D eigenvalue weighted by molar-refractivity contribution is 5.49. The third-order valence-electron chi connectivity index (χ3n) is 3.02. The Hall–Kier alpha value is -1.28. The number of rotatable bonds is 2. The Bertz CT molecular complexity index is 369. The highest BCUT2D eigenvalue weighted by atomic mass is 15.1. The van der Waals surface area contributed by atoms with Crippen molar-refractivity contribution in [1.82, 2.24) is 4.90 Å². The standard InChI is InChI=1S/C13H18N2/c1-11-12(6-5-7-13(11)14)10-15-8-3-2-4-9-15/h2-3,5-7H,4,8-10,14H2,1H3. The fourth-order valence-electron chi connectivity index (χ4n) is 1.95. The van der Waals surface area contributed by atoms with Crippen LogP contribution in [-0.4, -0.2) is 18.0 Å². The summed E-state index contributed by atoms with van der Waals surface area (Å²) < 4.78 is 0. The Balaban J connectivity index is 2.10. The first-order chi connectivity index (χ1) is 7.27. The number of nitrogen functional groups attached to an aromatic ring is 1. The molecule has 2 N–H and O–H groups in total. The molecule has 1 aromatic carbocycles. The maximum Gasteiger partial charge on any atom is 0.0346 e. The van der Waals surface area contributed by atoms with E-state index in [1.54, 1.807) is 0 Å². The second kappa shape index (κ2) is 4.49. The molecule has 0 aromatic heterocycles. The van der Waals surface area contributed by atoms with Gasteiger partial charge in [0.05, 0.1) is 0 Å². The molecule has 0 unspecified atom stereocenters. The van der Waals surface area contributed by atoms with Gasteiger partial charge in [-0.05, 0) is 30.5 Å². The summed E-state index contributed by atoms with van der Waals surface area (Å²) in [5.41, 5.74) is 9.38. The first-order valence-corrected chi connectivity index (χ1v) is 5.48. The molecule has 0 aliphatic carbocycles. The zero-order chi connectivity index (χ0) is 10.7. The minimum Gasteiger partial charge on any atom is -0.399 e. The molecule has 15 heavy (non-hydrogen) atoms. The van der Waals surface area contributed by atoms with Gasteiger partial charge in [0.1, 0.15) is 0 Å². The van der Waals surface area contributed by atoms with Crippen molar-refractivity contribution in [3.05, 3.63) is 41.5 Å². The maximum absolute atomic E-state index is 5.89. The molecule has 1 aliphatic rings. The van der Waals surface area contributed by atoms with Crippen molar-refractivity contribution >= 4 is 5.69 Å².